The van der Waals surface area contributed by atoms with Crippen LogP contribution < -0.4 is 5.73 Å². The summed E-state index contributed by atoms with van der Waals surface area (Å²) in [6.45, 7) is 0.856. The van der Waals surface area contributed by atoms with Crippen molar-refractivity contribution in [2.24, 2.45) is 4.99 Å². The molecule has 2 heterocycles. The normalized spacial score (nSPS) is 16.4. The minimum atomic E-state index is 0.627. The highest BCUT2D eigenvalue weighted by atomic mass is 14.8. The molecule has 0 atom stereocenters. The molecular weight excluding hydrogens is 272 g/mol. The van der Waals surface area contributed by atoms with Gasteiger partial charge in [0.25, 0.3) is 0 Å². The first-order chi connectivity index (χ1) is 10.8. The summed E-state index contributed by atoms with van der Waals surface area (Å²) in [5.41, 5.74) is 11.5. The Hall–Kier alpha value is -2.75. The third-order valence-electron chi connectivity index (χ3n) is 3.72. The number of aliphatic imine (C=N–C) groups is 1. The van der Waals surface area contributed by atoms with Crippen LogP contribution in [0.5, 0.6) is 0 Å². The molecule has 3 N–H and O–H groups in total. The van der Waals surface area contributed by atoms with E-state index >= 15 is 0 Å². The summed E-state index contributed by atoms with van der Waals surface area (Å²) in [6, 6.07) is 9.73. The van der Waals surface area contributed by atoms with Crippen LogP contribution in [-0.2, 0) is 0 Å². The molecule has 1 aromatic carbocycles. The number of hydrogen-bond donors (Lipinski definition) is 2. The molecule has 4 heteroatoms. The van der Waals surface area contributed by atoms with E-state index in [9.17, 15) is 0 Å². The van der Waals surface area contributed by atoms with Crippen LogP contribution in [0.4, 0.5) is 5.69 Å². The van der Waals surface area contributed by atoms with Gasteiger partial charge < -0.3 is 11.1 Å². The van der Waals surface area contributed by atoms with E-state index in [-0.39, 0.29) is 0 Å². The minimum absolute atomic E-state index is 0.627. The second kappa shape index (κ2) is 6.35. The topological polar surface area (TPSA) is 75.1 Å². The van der Waals surface area contributed by atoms with Gasteiger partial charge in [0.15, 0.2) is 0 Å². The number of nitrogen functional groups attached to an aromatic ring is 1. The Morgan fingerprint density at radius 3 is 2.91 bits per heavy atom. The molecule has 0 spiro atoms. The van der Waals surface area contributed by atoms with Crippen molar-refractivity contribution < 1.29 is 0 Å². The number of nitrogens with two attached hydrogens (primary N) is 1. The number of benzene rings is 1. The molecule has 0 radical (unpaired) electrons. The van der Waals surface area contributed by atoms with Gasteiger partial charge in [-0.05, 0) is 54.3 Å². The molecule has 3 rings (SSSR count). The van der Waals surface area contributed by atoms with Gasteiger partial charge in [-0.15, -0.1) is 0 Å². The van der Waals surface area contributed by atoms with Crippen molar-refractivity contribution in [2.45, 2.75) is 12.8 Å². The highest BCUT2D eigenvalue weighted by Crippen LogP contribution is 2.23. The Morgan fingerprint density at radius 2 is 2.14 bits per heavy atom. The Kier molecular flexibility index (Phi) is 4.10. The largest absolute Gasteiger partial charge is 0.398 e. The van der Waals surface area contributed by atoms with E-state index in [1.165, 1.54) is 11.8 Å². The lowest BCUT2D eigenvalue weighted by Crippen LogP contribution is -2.11. The molecular formula is C18H18N4. The van der Waals surface area contributed by atoms with Crippen molar-refractivity contribution in [1.82, 2.24) is 4.98 Å². The molecule has 0 saturated carbocycles. The van der Waals surface area contributed by atoms with Crippen LogP contribution in [0.2, 0.25) is 0 Å². The van der Waals surface area contributed by atoms with E-state index in [0.717, 1.165) is 41.8 Å². The third kappa shape index (κ3) is 2.96. The van der Waals surface area contributed by atoms with E-state index in [1.54, 1.807) is 6.20 Å². The maximum Gasteiger partial charge on any atom is 0.0694 e. The van der Waals surface area contributed by atoms with Gasteiger partial charge in [0.05, 0.1) is 5.71 Å². The van der Waals surface area contributed by atoms with Crippen LogP contribution in [0, 0.1) is 5.41 Å². The molecule has 0 amide bonds. The summed E-state index contributed by atoms with van der Waals surface area (Å²) in [5.74, 6) is 0. The second-order valence-corrected chi connectivity index (χ2v) is 5.28. The zero-order chi connectivity index (χ0) is 15.4. The SMILES string of the molecule is N=Cc1cc(/C=C2\CCCN=C2c2cccnc2)ccc1N. The number of nitrogens with zero attached hydrogens (tertiary/aromatic N) is 2. The van der Waals surface area contributed by atoms with Crippen LogP contribution in [0.15, 0.2) is 53.3 Å². The first-order valence-corrected chi connectivity index (χ1v) is 7.34. The van der Waals surface area contributed by atoms with Gasteiger partial charge >= 0.3 is 0 Å². The van der Waals surface area contributed by atoms with Crippen LogP contribution >= 0.6 is 0 Å². The standard InChI is InChI=1S/C18H18N4/c19-11-16-10-13(5-6-17(16)20)9-14-3-2-8-22-18(14)15-4-1-7-21-12-15/h1,4-7,9-12,19H,2-3,8,20H2/b14-9+,19-11?. The number of aromatic nitrogens is 1. The molecule has 2 aromatic rings. The van der Waals surface area contributed by atoms with Crippen LogP contribution in [0.1, 0.15) is 29.5 Å². The van der Waals surface area contributed by atoms with E-state index < -0.39 is 0 Å². The molecule has 0 aliphatic carbocycles. The number of rotatable bonds is 3. The average Bonchev–Trinajstić information content (AvgIpc) is 2.58. The van der Waals surface area contributed by atoms with Crippen LogP contribution in [0.25, 0.3) is 6.08 Å². The molecule has 0 bridgehead atoms. The lowest BCUT2D eigenvalue weighted by atomic mass is 9.94. The zero-order valence-corrected chi connectivity index (χ0v) is 12.3. The number of hydrogen-bond acceptors (Lipinski definition) is 4. The summed E-state index contributed by atoms with van der Waals surface area (Å²) in [5, 5.41) is 7.42. The van der Waals surface area contributed by atoms with Crippen molar-refractivity contribution in [3.8, 4) is 0 Å². The molecule has 4 nitrogen and oxygen atoms in total. The second-order valence-electron chi connectivity index (χ2n) is 5.28. The maximum absolute atomic E-state index is 7.42. The van der Waals surface area contributed by atoms with Gasteiger partial charge in [-0.1, -0.05) is 6.07 Å². The highest BCUT2D eigenvalue weighted by molar-refractivity contribution is 6.15. The number of anilines is 1. The molecule has 110 valence electrons. The fourth-order valence-electron chi connectivity index (χ4n) is 2.61. The average molecular weight is 290 g/mol. The molecule has 22 heavy (non-hydrogen) atoms. The maximum atomic E-state index is 7.42. The Labute approximate surface area is 129 Å². The minimum Gasteiger partial charge on any atom is -0.398 e. The number of nitrogens with one attached hydrogen (secondary N) is 1. The predicted octanol–water partition coefficient (Wildman–Crippen LogP) is 3.33. The molecule has 1 aromatic heterocycles. The van der Waals surface area contributed by atoms with E-state index in [0.29, 0.717) is 5.69 Å². The first-order valence-electron chi connectivity index (χ1n) is 7.34. The fraction of sp³-hybridized carbons (Fsp3) is 0.167. The van der Waals surface area contributed by atoms with Crippen molar-refractivity contribution in [3.05, 3.63) is 65.0 Å². The Bertz CT molecular complexity index is 745. The molecule has 0 saturated heterocycles. The van der Waals surface area contributed by atoms with Gasteiger partial charge in [0.2, 0.25) is 0 Å². The van der Waals surface area contributed by atoms with E-state index in [2.05, 4.69) is 16.1 Å². The van der Waals surface area contributed by atoms with Gasteiger partial charge in [-0.25, -0.2) is 0 Å². The van der Waals surface area contributed by atoms with Gasteiger partial charge in [0, 0.05) is 42.0 Å². The van der Waals surface area contributed by atoms with Crippen molar-refractivity contribution in [1.29, 1.82) is 5.41 Å². The molecule has 1 aliphatic rings. The van der Waals surface area contributed by atoms with Gasteiger partial charge in [-0.2, -0.15) is 0 Å². The van der Waals surface area contributed by atoms with Crippen molar-refractivity contribution >= 4 is 23.7 Å². The van der Waals surface area contributed by atoms with Crippen LogP contribution in [0.3, 0.4) is 0 Å². The van der Waals surface area contributed by atoms with Crippen LogP contribution in [-0.4, -0.2) is 23.5 Å². The lowest BCUT2D eigenvalue weighted by Gasteiger charge is -2.16. The summed E-state index contributed by atoms with van der Waals surface area (Å²) < 4.78 is 0. The Morgan fingerprint density at radius 1 is 1.23 bits per heavy atom. The van der Waals surface area contributed by atoms with Gasteiger partial charge in [-0.3, -0.25) is 9.98 Å². The number of pyridine rings is 1. The third-order valence-corrected chi connectivity index (χ3v) is 3.72. The number of allylic oxidation sites excluding steroid dienone is 1. The summed E-state index contributed by atoms with van der Waals surface area (Å²) in [4.78, 5) is 8.86. The van der Waals surface area contributed by atoms with Gasteiger partial charge in [0.1, 0.15) is 0 Å². The monoisotopic (exact) mass is 290 g/mol. The quantitative estimate of drug-likeness (QED) is 0.672. The van der Waals surface area contributed by atoms with Crippen molar-refractivity contribution in [2.75, 3.05) is 12.3 Å². The predicted molar refractivity (Wildman–Crippen MR) is 91.6 cm³/mol. The summed E-state index contributed by atoms with van der Waals surface area (Å²) >= 11 is 0. The highest BCUT2D eigenvalue weighted by Gasteiger charge is 2.14. The summed E-state index contributed by atoms with van der Waals surface area (Å²) in [7, 11) is 0. The van der Waals surface area contributed by atoms with E-state index in [4.69, 9.17) is 11.1 Å². The van der Waals surface area contributed by atoms with E-state index in [1.807, 2.05) is 36.5 Å². The zero-order valence-electron chi connectivity index (χ0n) is 12.3. The molecule has 1 aliphatic heterocycles. The molecule has 0 unspecified atom stereocenters. The first kappa shape index (κ1) is 14.2. The smallest absolute Gasteiger partial charge is 0.0694 e. The fourth-order valence-corrected chi connectivity index (χ4v) is 2.61. The lowest BCUT2D eigenvalue weighted by molar-refractivity contribution is 0.818. The summed E-state index contributed by atoms with van der Waals surface area (Å²) in [6.07, 6.45) is 9.10. The molecule has 0 fully saturated rings. The van der Waals surface area contributed by atoms with Crippen molar-refractivity contribution in [3.63, 3.8) is 0 Å². The Balaban J connectivity index is 2.00.